The summed E-state index contributed by atoms with van der Waals surface area (Å²) in [7, 11) is 1.95. The van der Waals surface area contributed by atoms with Crippen LogP contribution in [-0.2, 0) is 0 Å². The van der Waals surface area contributed by atoms with Gasteiger partial charge in [0.15, 0.2) is 0 Å². The van der Waals surface area contributed by atoms with Gasteiger partial charge in [-0.25, -0.2) is 0 Å². The van der Waals surface area contributed by atoms with Gasteiger partial charge in [-0.05, 0) is 43.0 Å². The minimum Gasteiger partial charge on any atom is -0.387 e. The van der Waals surface area contributed by atoms with Crippen molar-refractivity contribution in [3.8, 4) is 0 Å². The van der Waals surface area contributed by atoms with Gasteiger partial charge in [0.05, 0.1) is 10.5 Å². The first-order chi connectivity index (χ1) is 8.45. The summed E-state index contributed by atoms with van der Waals surface area (Å²) in [6, 6.07) is 4.11. The highest BCUT2D eigenvalue weighted by Gasteiger charge is 2.16. The topological polar surface area (TPSA) is 24.9 Å². The molecule has 1 aromatic carbocycles. The first kappa shape index (κ1) is 13.2. The zero-order valence-corrected chi connectivity index (χ0v) is 12.3. The number of hydrogen-bond donors (Lipinski definition) is 1. The molecule has 1 N–H and O–H groups in total. The maximum Gasteiger partial charge on any atom is 0.0912 e. The number of fused-ring (bicyclic) bond motifs is 1. The molecule has 2 rings (SSSR count). The molecule has 0 aliphatic carbocycles. The number of halogens is 1. The van der Waals surface area contributed by atoms with Gasteiger partial charge in [0, 0.05) is 23.8 Å². The lowest BCUT2D eigenvalue weighted by molar-refractivity contribution is 0.849. The first-order valence-corrected chi connectivity index (χ1v) is 6.61. The Balaban J connectivity index is 2.94. The fourth-order valence-corrected chi connectivity index (χ4v) is 2.88. The normalized spacial score (nSPS) is 11.3. The second-order valence-corrected chi connectivity index (χ2v) is 5.44. The molecule has 0 aliphatic rings. The Hall–Kier alpha value is -1.28. The number of hydrogen-bond acceptors (Lipinski definition) is 2. The number of nitrogens with one attached hydrogen (secondary N) is 1. The largest absolute Gasteiger partial charge is 0.387 e. The third-order valence-electron chi connectivity index (χ3n) is 3.24. The maximum atomic E-state index is 6.30. The van der Waals surface area contributed by atoms with Crippen LogP contribution in [0.25, 0.3) is 10.9 Å². The molecule has 96 valence electrons. The minimum atomic E-state index is 0.434. The molecule has 3 heteroatoms. The Kier molecular flexibility index (Phi) is 3.49. The van der Waals surface area contributed by atoms with Crippen molar-refractivity contribution in [1.29, 1.82) is 0 Å². The fraction of sp³-hybridized carbons (Fsp3) is 0.400. The summed E-state index contributed by atoms with van der Waals surface area (Å²) in [4.78, 5) is 4.67. The quantitative estimate of drug-likeness (QED) is 0.851. The Morgan fingerprint density at radius 2 is 1.89 bits per heavy atom. The number of aromatic nitrogens is 1. The molecular weight excluding hydrogens is 244 g/mol. The minimum absolute atomic E-state index is 0.434. The third kappa shape index (κ3) is 2.05. The van der Waals surface area contributed by atoms with Crippen molar-refractivity contribution in [3.63, 3.8) is 0 Å². The van der Waals surface area contributed by atoms with Crippen molar-refractivity contribution in [2.24, 2.45) is 0 Å². The van der Waals surface area contributed by atoms with E-state index in [9.17, 15) is 0 Å². The molecule has 2 nitrogen and oxygen atoms in total. The lowest BCUT2D eigenvalue weighted by atomic mass is 9.96. The maximum absolute atomic E-state index is 6.30. The number of anilines is 1. The monoisotopic (exact) mass is 262 g/mol. The summed E-state index contributed by atoms with van der Waals surface area (Å²) >= 11 is 6.30. The smallest absolute Gasteiger partial charge is 0.0912 e. The second-order valence-electron chi connectivity index (χ2n) is 5.03. The summed E-state index contributed by atoms with van der Waals surface area (Å²) in [5, 5.41) is 5.15. The van der Waals surface area contributed by atoms with E-state index in [1.807, 2.05) is 20.0 Å². The molecule has 0 aliphatic heterocycles. The molecule has 1 aromatic heterocycles. The van der Waals surface area contributed by atoms with E-state index >= 15 is 0 Å². The number of pyridine rings is 1. The van der Waals surface area contributed by atoms with Crippen LogP contribution < -0.4 is 5.32 Å². The van der Waals surface area contributed by atoms with Crippen molar-refractivity contribution in [3.05, 3.63) is 34.0 Å². The highest BCUT2D eigenvalue weighted by molar-refractivity contribution is 6.35. The van der Waals surface area contributed by atoms with E-state index in [0.717, 1.165) is 32.9 Å². The van der Waals surface area contributed by atoms with E-state index in [0.29, 0.717) is 5.92 Å². The summed E-state index contributed by atoms with van der Waals surface area (Å²) in [5.41, 5.74) is 5.51. The molecule has 0 amide bonds. The Morgan fingerprint density at radius 1 is 1.22 bits per heavy atom. The number of rotatable bonds is 2. The number of aryl methyl sites for hydroxylation is 2. The second kappa shape index (κ2) is 4.77. The van der Waals surface area contributed by atoms with Gasteiger partial charge in [0.2, 0.25) is 0 Å². The lowest BCUT2D eigenvalue weighted by Crippen LogP contribution is -2.04. The van der Waals surface area contributed by atoms with Crippen molar-refractivity contribution in [2.45, 2.75) is 33.6 Å². The van der Waals surface area contributed by atoms with E-state index in [1.165, 1.54) is 5.56 Å². The van der Waals surface area contributed by atoms with Crippen LogP contribution in [0.3, 0.4) is 0 Å². The molecule has 0 unspecified atom stereocenters. The van der Waals surface area contributed by atoms with Gasteiger partial charge in [0.25, 0.3) is 0 Å². The highest BCUT2D eigenvalue weighted by atomic mass is 35.5. The Labute approximate surface area is 113 Å². The van der Waals surface area contributed by atoms with Gasteiger partial charge in [0.1, 0.15) is 0 Å². The number of nitrogens with zero attached hydrogens (tertiary/aromatic N) is 1. The van der Waals surface area contributed by atoms with Crippen LogP contribution in [0, 0.1) is 13.8 Å². The van der Waals surface area contributed by atoms with Crippen LogP contribution in [-0.4, -0.2) is 12.0 Å². The summed E-state index contributed by atoms with van der Waals surface area (Å²) in [5.74, 6) is 0.434. The predicted octanol–water partition coefficient (Wildman–Crippen LogP) is 4.67. The standard InChI is InChI=1S/C15H19ClN2/c1-8(2)13-10(4)18-14-11(15(13)17-5)6-9(3)7-12(14)16/h6-8H,1-5H3,(H,17,18). The zero-order valence-electron chi connectivity index (χ0n) is 11.6. The van der Waals surface area contributed by atoms with E-state index in [1.54, 1.807) is 0 Å². The van der Waals surface area contributed by atoms with Crippen molar-refractivity contribution in [1.82, 2.24) is 4.98 Å². The van der Waals surface area contributed by atoms with Gasteiger partial charge < -0.3 is 5.32 Å². The summed E-state index contributed by atoms with van der Waals surface area (Å²) in [6.07, 6.45) is 0. The van der Waals surface area contributed by atoms with Gasteiger partial charge in [-0.2, -0.15) is 0 Å². The molecule has 1 heterocycles. The van der Waals surface area contributed by atoms with Crippen LogP contribution in [0.2, 0.25) is 5.02 Å². The third-order valence-corrected chi connectivity index (χ3v) is 3.53. The van der Waals surface area contributed by atoms with Gasteiger partial charge in [-0.1, -0.05) is 25.4 Å². The molecule has 0 bridgehead atoms. The van der Waals surface area contributed by atoms with Crippen LogP contribution in [0.15, 0.2) is 12.1 Å². The van der Waals surface area contributed by atoms with E-state index in [4.69, 9.17) is 11.6 Å². The van der Waals surface area contributed by atoms with Crippen LogP contribution in [0.4, 0.5) is 5.69 Å². The van der Waals surface area contributed by atoms with E-state index in [-0.39, 0.29) is 0 Å². The van der Waals surface area contributed by atoms with Crippen molar-refractivity contribution >= 4 is 28.2 Å². The highest BCUT2D eigenvalue weighted by Crippen LogP contribution is 2.36. The zero-order chi connectivity index (χ0) is 13.4. The molecule has 0 radical (unpaired) electrons. The Morgan fingerprint density at radius 3 is 2.44 bits per heavy atom. The summed E-state index contributed by atoms with van der Waals surface area (Å²) < 4.78 is 0. The van der Waals surface area contributed by atoms with Crippen molar-refractivity contribution in [2.75, 3.05) is 12.4 Å². The predicted molar refractivity (Wildman–Crippen MR) is 79.9 cm³/mol. The molecule has 18 heavy (non-hydrogen) atoms. The molecule has 0 spiro atoms. The first-order valence-electron chi connectivity index (χ1n) is 6.23. The molecule has 0 saturated carbocycles. The fourth-order valence-electron chi connectivity index (χ4n) is 2.57. The summed E-state index contributed by atoms with van der Waals surface area (Å²) in [6.45, 7) is 8.48. The Bertz CT molecular complexity index is 603. The van der Waals surface area contributed by atoms with E-state index in [2.05, 4.69) is 37.1 Å². The van der Waals surface area contributed by atoms with Crippen LogP contribution in [0.5, 0.6) is 0 Å². The van der Waals surface area contributed by atoms with Gasteiger partial charge in [-0.15, -0.1) is 0 Å². The molecule has 0 saturated heterocycles. The van der Waals surface area contributed by atoms with Crippen LogP contribution >= 0.6 is 11.6 Å². The van der Waals surface area contributed by atoms with E-state index < -0.39 is 0 Å². The lowest BCUT2D eigenvalue weighted by Gasteiger charge is -2.18. The molecule has 0 fully saturated rings. The molecule has 2 aromatic rings. The average Bonchev–Trinajstić information content (AvgIpc) is 2.28. The SMILES string of the molecule is CNc1c(C(C)C)c(C)nc2c(Cl)cc(C)cc12. The average molecular weight is 263 g/mol. The number of benzene rings is 1. The van der Waals surface area contributed by atoms with Crippen molar-refractivity contribution < 1.29 is 0 Å². The van der Waals surface area contributed by atoms with Gasteiger partial charge in [-0.3, -0.25) is 4.98 Å². The molecule has 0 atom stereocenters. The van der Waals surface area contributed by atoms with Crippen LogP contribution in [0.1, 0.15) is 36.6 Å². The van der Waals surface area contributed by atoms with Gasteiger partial charge >= 0.3 is 0 Å². The molecular formula is C15H19ClN2.